The van der Waals surface area contributed by atoms with E-state index in [1.807, 2.05) is 19.1 Å². The van der Waals surface area contributed by atoms with Gasteiger partial charge in [0.1, 0.15) is 9.71 Å². The Morgan fingerprint density at radius 2 is 2.43 bits per heavy atom. The van der Waals surface area contributed by atoms with Gasteiger partial charge < -0.3 is 20.5 Å². The SMILES string of the molecule is Cc1ccc2c(N)c(C(=O)N3CCOCC3CO)sc2n1. The van der Waals surface area contributed by atoms with Crippen LogP contribution in [0.5, 0.6) is 0 Å². The lowest BCUT2D eigenvalue weighted by Crippen LogP contribution is -2.50. The van der Waals surface area contributed by atoms with E-state index in [2.05, 4.69) is 4.98 Å². The van der Waals surface area contributed by atoms with Crippen LogP contribution in [0.2, 0.25) is 0 Å². The van der Waals surface area contributed by atoms with Crippen LogP contribution in [0, 0.1) is 6.92 Å². The fourth-order valence-electron chi connectivity index (χ4n) is 2.45. The molecule has 0 aromatic carbocycles. The highest BCUT2D eigenvalue weighted by Gasteiger charge is 2.30. The Bertz CT molecular complexity index is 685. The summed E-state index contributed by atoms with van der Waals surface area (Å²) in [6.07, 6.45) is 0. The fourth-order valence-corrected chi connectivity index (χ4v) is 3.55. The first-order chi connectivity index (χ1) is 10.1. The molecule has 1 fully saturated rings. The molecule has 21 heavy (non-hydrogen) atoms. The number of amides is 1. The van der Waals surface area contributed by atoms with E-state index in [1.165, 1.54) is 11.3 Å². The van der Waals surface area contributed by atoms with Crippen LogP contribution in [0.25, 0.3) is 10.2 Å². The summed E-state index contributed by atoms with van der Waals surface area (Å²) >= 11 is 1.30. The van der Waals surface area contributed by atoms with Gasteiger partial charge in [-0.2, -0.15) is 0 Å². The maximum absolute atomic E-state index is 12.7. The Morgan fingerprint density at radius 1 is 1.62 bits per heavy atom. The monoisotopic (exact) mass is 307 g/mol. The predicted molar refractivity (Wildman–Crippen MR) is 81.5 cm³/mol. The van der Waals surface area contributed by atoms with Crippen molar-refractivity contribution in [3.05, 3.63) is 22.7 Å². The van der Waals surface area contributed by atoms with Gasteiger partial charge in [0.05, 0.1) is 31.5 Å². The molecule has 2 aromatic heterocycles. The first kappa shape index (κ1) is 14.2. The molecule has 1 amide bonds. The average molecular weight is 307 g/mol. The highest BCUT2D eigenvalue weighted by molar-refractivity contribution is 7.21. The number of hydrogen-bond donors (Lipinski definition) is 2. The van der Waals surface area contributed by atoms with Gasteiger partial charge in [-0.15, -0.1) is 11.3 Å². The molecule has 1 saturated heterocycles. The van der Waals surface area contributed by atoms with Gasteiger partial charge >= 0.3 is 0 Å². The van der Waals surface area contributed by atoms with Crippen LogP contribution in [0.3, 0.4) is 0 Å². The third kappa shape index (κ3) is 2.48. The first-order valence-electron chi connectivity index (χ1n) is 6.77. The van der Waals surface area contributed by atoms with Crippen LogP contribution in [-0.2, 0) is 4.74 Å². The standard InChI is InChI=1S/C14H17N3O3S/c1-8-2-3-10-11(15)12(21-13(10)16-8)14(19)17-4-5-20-7-9(17)6-18/h2-3,9,18H,4-7,15H2,1H3. The lowest BCUT2D eigenvalue weighted by atomic mass is 10.2. The minimum absolute atomic E-state index is 0.117. The van der Waals surface area contributed by atoms with Gasteiger partial charge in [0, 0.05) is 17.6 Å². The molecule has 6 nitrogen and oxygen atoms in total. The van der Waals surface area contributed by atoms with Gasteiger partial charge in [-0.3, -0.25) is 4.79 Å². The number of nitrogens with two attached hydrogens (primary N) is 1. The van der Waals surface area contributed by atoms with E-state index in [9.17, 15) is 9.90 Å². The summed E-state index contributed by atoms with van der Waals surface area (Å²) in [5.74, 6) is -0.157. The number of morpholine rings is 1. The van der Waals surface area contributed by atoms with Crippen LogP contribution >= 0.6 is 11.3 Å². The van der Waals surface area contributed by atoms with Gasteiger partial charge in [-0.25, -0.2) is 4.98 Å². The molecule has 3 N–H and O–H groups in total. The quantitative estimate of drug-likeness (QED) is 0.865. The second kappa shape index (κ2) is 5.59. The molecule has 2 aromatic rings. The molecule has 0 spiro atoms. The van der Waals surface area contributed by atoms with Crippen molar-refractivity contribution in [1.29, 1.82) is 0 Å². The van der Waals surface area contributed by atoms with E-state index in [-0.39, 0.29) is 18.6 Å². The van der Waals surface area contributed by atoms with Crippen molar-refractivity contribution in [1.82, 2.24) is 9.88 Å². The molecule has 1 aliphatic heterocycles. The number of anilines is 1. The number of thiophene rings is 1. The minimum Gasteiger partial charge on any atom is -0.397 e. The van der Waals surface area contributed by atoms with Crippen molar-refractivity contribution in [2.75, 3.05) is 32.1 Å². The number of carbonyl (C=O) groups excluding carboxylic acids is 1. The smallest absolute Gasteiger partial charge is 0.266 e. The molecule has 0 aliphatic carbocycles. The van der Waals surface area contributed by atoms with Crippen molar-refractivity contribution in [3.63, 3.8) is 0 Å². The van der Waals surface area contributed by atoms with Crippen LogP contribution in [0.1, 0.15) is 15.4 Å². The van der Waals surface area contributed by atoms with E-state index >= 15 is 0 Å². The molecule has 1 aliphatic rings. The van der Waals surface area contributed by atoms with Crippen molar-refractivity contribution >= 4 is 33.1 Å². The molecule has 1 atom stereocenters. The number of aliphatic hydroxyl groups is 1. The number of hydrogen-bond acceptors (Lipinski definition) is 6. The van der Waals surface area contributed by atoms with Gasteiger partial charge in [0.2, 0.25) is 0 Å². The number of pyridine rings is 1. The van der Waals surface area contributed by atoms with Crippen LogP contribution in [0.15, 0.2) is 12.1 Å². The van der Waals surface area contributed by atoms with E-state index in [0.717, 1.165) is 15.9 Å². The third-order valence-electron chi connectivity index (χ3n) is 3.63. The normalized spacial score (nSPS) is 19.1. The molecule has 112 valence electrons. The van der Waals surface area contributed by atoms with E-state index in [0.29, 0.717) is 30.3 Å². The number of nitrogens with zero attached hydrogens (tertiary/aromatic N) is 2. The van der Waals surface area contributed by atoms with Crippen LogP contribution in [-0.4, -0.2) is 53.3 Å². The molecule has 1 unspecified atom stereocenters. The Labute approximate surface area is 126 Å². The van der Waals surface area contributed by atoms with Crippen LogP contribution < -0.4 is 5.73 Å². The van der Waals surface area contributed by atoms with Crippen molar-refractivity contribution in [2.45, 2.75) is 13.0 Å². The number of nitrogen functional groups attached to an aromatic ring is 1. The zero-order valence-electron chi connectivity index (χ0n) is 11.7. The van der Waals surface area contributed by atoms with Crippen molar-refractivity contribution < 1.29 is 14.6 Å². The van der Waals surface area contributed by atoms with Gasteiger partial charge in [-0.05, 0) is 19.1 Å². The molecular weight excluding hydrogens is 290 g/mol. The lowest BCUT2D eigenvalue weighted by Gasteiger charge is -2.34. The number of aryl methyl sites for hydroxylation is 1. The van der Waals surface area contributed by atoms with Crippen molar-refractivity contribution in [3.8, 4) is 0 Å². The summed E-state index contributed by atoms with van der Waals surface area (Å²) in [5.41, 5.74) is 7.47. The van der Waals surface area contributed by atoms with E-state index in [1.54, 1.807) is 4.90 Å². The van der Waals surface area contributed by atoms with E-state index < -0.39 is 0 Å². The average Bonchev–Trinajstić information content (AvgIpc) is 2.82. The van der Waals surface area contributed by atoms with Gasteiger partial charge in [-0.1, -0.05) is 0 Å². The Balaban J connectivity index is 1.99. The molecule has 7 heteroatoms. The summed E-state index contributed by atoms with van der Waals surface area (Å²) < 4.78 is 5.30. The predicted octanol–water partition coefficient (Wildman–Crippen LogP) is 1.02. The largest absolute Gasteiger partial charge is 0.397 e. The zero-order valence-corrected chi connectivity index (χ0v) is 12.5. The highest BCUT2D eigenvalue weighted by Crippen LogP contribution is 2.33. The minimum atomic E-state index is -0.314. The van der Waals surface area contributed by atoms with E-state index in [4.69, 9.17) is 10.5 Å². The summed E-state index contributed by atoms with van der Waals surface area (Å²) in [5, 5.41) is 10.2. The lowest BCUT2D eigenvalue weighted by molar-refractivity contribution is -0.0181. The summed E-state index contributed by atoms with van der Waals surface area (Å²) in [6.45, 7) is 3.08. The fraction of sp³-hybridized carbons (Fsp3) is 0.429. The Morgan fingerprint density at radius 3 is 3.19 bits per heavy atom. The topological polar surface area (TPSA) is 88.7 Å². The summed E-state index contributed by atoms with van der Waals surface area (Å²) in [4.78, 5) is 20.0. The highest BCUT2D eigenvalue weighted by atomic mass is 32.1. The Hall–Kier alpha value is -1.70. The van der Waals surface area contributed by atoms with Crippen LogP contribution in [0.4, 0.5) is 5.69 Å². The van der Waals surface area contributed by atoms with Gasteiger partial charge in [0.25, 0.3) is 5.91 Å². The summed E-state index contributed by atoms with van der Waals surface area (Å²) in [7, 11) is 0. The second-order valence-corrected chi connectivity index (χ2v) is 6.06. The molecule has 0 radical (unpaired) electrons. The maximum Gasteiger partial charge on any atom is 0.266 e. The third-order valence-corrected chi connectivity index (χ3v) is 4.73. The number of ether oxygens (including phenoxy) is 1. The molecular formula is C14H17N3O3S. The van der Waals surface area contributed by atoms with Gasteiger partial charge in [0.15, 0.2) is 0 Å². The molecule has 0 saturated carbocycles. The van der Waals surface area contributed by atoms with Crippen molar-refractivity contribution in [2.24, 2.45) is 0 Å². The molecule has 3 rings (SSSR count). The maximum atomic E-state index is 12.7. The zero-order chi connectivity index (χ0) is 15.0. The summed E-state index contributed by atoms with van der Waals surface area (Å²) in [6, 6.07) is 3.46. The number of carbonyl (C=O) groups is 1. The number of rotatable bonds is 2. The Kier molecular flexibility index (Phi) is 3.79. The number of aliphatic hydroxyl groups excluding tert-OH is 1. The number of aromatic nitrogens is 1. The first-order valence-corrected chi connectivity index (χ1v) is 7.58. The molecule has 0 bridgehead atoms. The number of fused-ring (bicyclic) bond motifs is 1. The molecule has 3 heterocycles. The second-order valence-electron chi connectivity index (χ2n) is 5.06.